The molecule has 0 amide bonds. The van der Waals surface area contributed by atoms with Crippen LogP contribution in [0.1, 0.15) is 17.4 Å². The second kappa shape index (κ2) is 4.24. The van der Waals surface area contributed by atoms with Crippen molar-refractivity contribution in [1.82, 2.24) is 4.98 Å². The van der Waals surface area contributed by atoms with Crippen LogP contribution in [0.4, 0.5) is 0 Å². The fourth-order valence-corrected chi connectivity index (χ4v) is 0.553. The van der Waals surface area contributed by atoms with Gasteiger partial charge in [-0.1, -0.05) is 0 Å². The van der Waals surface area contributed by atoms with Crippen LogP contribution in [0.5, 0.6) is 0 Å². The fraction of sp³-hybridized carbons (Fsp3) is 0.286. The number of carbonyl (C=O) groups excluding carboxylic acids is 2. The largest absolute Gasteiger partial charge is 0.451 e. The summed E-state index contributed by atoms with van der Waals surface area (Å²) in [6, 6.07) is 0. The van der Waals surface area contributed by atoms with Crippen molar-refractivity contribution in [2.75, 3.05) is 6.79 Å². The van der Waals surface area contributed by atoms with E-state index in [4.69, 9.17) is 0 Å². The standard InChI is InChI=1S/C7H7NO5/c1-5(9)12-4-13-7(10)6-2-11-3-8-6/h2-3H,4H2,1H3. The molecule has 0 saturated heterocycles. The molecule has 0 aliphatic carbocycles. The summed E-state index contributed by atoms with van der Waals surface area (Å²) in [5.41, 5.74) is 0.0344. The molecule has 0 aliphatic rings. The van der Waals surface area contributed by atoms with Crippen molar-refractivity contribution in [2.24, 2.45) is 0 Å². The van der Waals surface area contributed by atoms with E-state index in [2.05, 4.69) is 18.9 Å². The Kier molecular flexibility index (Phi) is 3.02. The first-order chi connectivity index (χ1) is 6.20. The van der Waals surface area contributed by atoms with Gasteiger partial charge in [0, 0.05) is 6.92 Å². The number of hydrogen-bond acceptors (Lipinski definition) is 6. The van der Waals surface area contributed by atoms with Gasteiger partial charge in [0.05, 0.1) is 0 Å². The summed E-state index contributed by atoms with van der Waals surface area (Å²) in [7, 11) is 0. The van der Waals surface area contributed by atoms with Crippen LogP contribution in [0, 0.1) is 0 Å². The highest BCUT2D eigenvalue weighted by molar-refractivity contribution is 5.86. The number of oxazole rings is 1. The first kappa shape index (κ1) is 9.24. The molecule has 0 fully saturated rings. The maximum absolute atomic E-state index is 11.0. The molecule has 13 heavy (non-hydrogen) atoms. The zero-order valence-electron chi connectivity index (χ0n) is 6.85. The third-order valence-electron chi connectivity index (χ3n) is 1.09. The minimum atomic E-state index is -0.699. The number of hydrogen-bond donors (Lipinski definition) is 0. The van der Waals surface area contributed by atoms with E-state index in [1.54, 1.807) is 0 Å². The molecule has 1 rings (SSSR count). The van der Waals surface area contributed by atoms with Crippen molar-refractivity contribution in [1.29, 1.82) is 0 Å². The third kappa shape index (κ3) is 2.94. The molecular weight excluding hydrogens is 178 g/mol. The minimum Gasteiger partial charge on any atom is -0.451 e. The van der Waals surface area contributed by atoms with Gasteiger partial charge in [-0.05, 0) is 0 Å². The number of nitrogens with zero attached hydrogens (tertiary/aromatic N) is 1. The summed E-state index contributed by atoms with van der Waals surface area (Å²) in [5.74, 6) is -1.22. The monoisotopic (exact) mass is 185 g/mol. The summed E-state index contributed by atoms with van der Waals surface area (Å²) >= 11 is 0. The molecule has 70 valence electrons. The Hall–Kier alpha value is -1.85. The highest BCUT2D eigenvalue weighted by Gasteiger charge is 2.09. The van der Waals surface area contributed by atoms with Crippen LogP contribution in [0.25, 0.3) is 0 Å². The summed E-state index contributed by atoms with van der Waals surface area (Å²) in [5, 5.41) is 0. The molecule has 1 aromatic rings. The van der Waals surface area contributed by atoms with Crippen LogP contribution in [0.2, 0.25) is 0 Å². The van der Waals surface area contributed by atoms with Gasteiger partial charge >= 0.3 is 11.9 Å². The van der Waals surface area contributed by atoms with Crippen LogP contribution in [0.15, 0.2) is 17.1 Å². The predicted molar refractivity (Wildman–Crippen MR) is 38.6 cm³/mol. The molecule has 0 aliphatic heterocycles. The summed E-state index contributed by atoms with van der Waals surface area (Å²) in [4.78, 5) is 24.7. The molecule has 0 unspecified atom stereocenters. The van der Waals surface area contributed by atoms with E-state index < -0.39 is 18.7 Å². The normalized spacial score (nSPS) is 9.31. The Labute approximate surface area is 73.5 Å². The number of esters is 2. The lowest BCUT2D eigenvalue weighted by molar-refractivity contribution is -0.149. The van der Waals surface area contributed by atoms with Gasteiger partial charge in [0.1, 0.15) is 6.26 Å². The van der Waals surface area contributed by atoms with Crippen LogP contribution >= 0.6 is 0 Å². The lowest BCUT2D eigenvalue weighted by Crippen LogP contribution is -2.11. The van der Waals surface area contributed by atoms with Crippen molar-refractivity contribution in [2.45, 2.75) is 6.92 Å². The average molecular weight is 185 g/mol. The van der Waals surface area contributed by atoms with Gasteiger partial charge in [-0.2, -0.15) is 0 Å². The van der Waals surface area contributed by atoms with E-state index in [-0.39, 0.29) is 5.69 Å². The third-order valence-corrected chi connectivity index (χ3v) is 1.09. The smallest absolute Gasteiger partial charge is 0.363 e. The molecule has 0 spiro atoms. The molecule has 0 N–H and O–H groups in total. The van der Waals surface area contributed by atoms with E-state index >= 15 is 0 Å². The molecule has 0 saturated carbocycles. The highest BCUT2D eigenvalue weighted by atomic mass is 16.7. The summed E-state index contributed by atoms with van der Waals surface area (Å²) < 4.78 is 13.4. The van der Waals surface area contributed by atoms with E-state index in [0.717, 1.165) is 12.7 Å². The lowest BCUT2D eigenvalue weighted by atomic mass is 10.5. The molecule has 1 heterocycles. The molecule has 0 bridgehead atoms. The summed E-state index contributed by atoms with van der Waals surface area (Å²) in [6.45, 7) is 0.797. The molecular formula is C7H7NO5. The van der Waals surface area contributed by atoms with Gasteiger partial charge in [-0.15, -0.1) is 0 Å². The minimum absolute atomic E-state index is 0.0344. The number of carbonyl (C=O) groups is 2. The molecule has 0 aromatic carbocycles. The van der Waals surface area contributed by atoms with Crippen LogP contribution in [-0.4, -0.2) is 23.7 Å². The van der Waals surface area contributed by atoms with Crippen molar-refractivity contribution in [3.8, 4) is 0 Å². The first-order valence-electron chi connectivity index (χ1n) is 3.39. The molecule has 6 heteroatoms. The van der Waals surface area contributed by atoms with Gasteiger partial charge in [0.2, 0.25) is 6.79 Å². The Bertz CT molecular complexity index is 292. The van der Waals surface area contributed by atoms with E-state index in [1.165, 1.54) is 6.92 Å². The number of rotatable bonds is 3. The highest BCUT2D eigenvalue weighted by Crippen LogP contribution is 1.97. The first-order valence-corrected chi connectivity index (χ1v) is 3.39. The van der Waals surface area contributed by atoms with Crippen LogP contribution in [-0.2, 0) is 14.3 Å². The maximum Gasteiger partial charge on any atom is 0.363 e. The van der Waals surface area contributed by atoms with Crippen molar-refractivity contribution in [3.05, 3.63) is 18.4 Å². The second-order valence-corrected chi connectivity index (χ2v) is 2.06. The van der Waals surface area contributed by atoms with Crippen molar-refractivity contribution in [3.63, 3.8) is 0 Å². The Morgan fingerprint density at radius 1 is 1.54 bits per heavy atom. The Morgan fingerprint density at radius 2 is 2.31 bits per heavy atom. The molecule has 1 aromatic heterocycles. The van der Waals surface area contributed by atoms with E-state index in [9.17, 15) is 9.59 Å². The Morgan fingerprint density at radius 3 is 2.85 bits per heavy atom. The molecule has 0 atom stereocenters. The SMILES string of the molecule is CC(=O)OCOC(=O)c1cocn1. The van der Waals surface area contributed by atoms with Crippen LogP contribution < -0.4 is 0 Å². The number of aromatic nitrogens is 1. The maximum atomic E-state index is 11.0. The van der Waals surface area contributed by atoms with E-state index in [1.807, 2.05) is 0 Å². The van der Waals surface area contributed by atoms with Crippen LogP contribution in [0.3, 0.4) is 0 Å². The van der Waals surface area contributed by atoms with Gasteiger partial charge in [-0.25, -0.2) is 9.78 Å². The predicted octanol–water partition coefficient (Wildman–Crippen LogP) is 0.352. The van der Waals surface area contributed by atoms with Gasteiger partial charge in [0.15, 0.2) is 12.1 Å². The van der Waals surface area contributed by atoms with Crippen molar-refractivity contribution < 1.29 is 23.5 Å². The topological polar surface area (TPSA) is 78.6 Å². The fourth-order valence-electron chi connectivity index (χ4n) is 0.553. The lowest BCUT2D eigenvalue weighted by Gasteiger charge is -2.01. The number of ether oxygens (including phenoxy) is 2. The summed E-state index contributed by atoms with van der Waals surface area (Å²) in [6.07, 6.45) is 2.23. The average Bonchev–Trinajstić information content (AvgIpc) is 2.55. The quantitative estimate of drug-likeness (QED) is 0.499. The zero-order valence-corrected chi connectivity index (χ0v) is 6.85. The molecule has 0 radical (unpaired) electrons. The molecule has 6 nitrogen and oxygen atoms in total. The van der Waals surface area contributed by atoms with E-state index in [0.29, 0.717) is 0 Å². The van der Waals surface area contributed by atoms with Gasteiger partial charge < -0.3 is 13.9 Å². The van der Waals surface area contributed by atoms with Gasteiger partial charge in [-0.3, -0.25) is 4.79 Å². The van der Waals surface area contributed by atoms with Gasteiger partial charge in [0.25, 0.3) is 0 Å². The van der Waals surface area contributed by atoms with Crippen molar-refractivity contribution >= 4 is 11.9 Å². The second-order valence-electron chi connectivity index (χ2n) is 2.06. The Balaban J connectivity index is 2.31. The zero-order chi connectivity index (χ0) is 9.68.